The minimum absolute atomic E-state index is 0.152. The molecule has 1 aromatic rings. The van der Waals surface area contributed by atoms with Crippen LogP contribution in [0.5, 0.6) is 0 Å². The number of carbonyl (C=O) groups excluding carboxylic acids is 1. The van der Waals surface area contributed by atoms with Crippen LogP contribution in [0.4, 0.5) is 5.69 Å². The maximum absolute atomic E-state index is 10.7. The summed E-state index contributed by atoms with van der Waals surface area (Å²) in [6, 6.07) is 5.42. The molecule has 0 spiro atoms. The standard InChI is InChI=1S/C12H14ClNOS/c1-9(15)16-7-3-2-4-10-5-6-11(14)8-12(10)13/h2,4-6,8H,3,7,14H2,1H3. The molecule has 1 aromatic carbocycles. The monoisotopic (exact) mass is 255 g/mol. The van der Waals surface area contributed by atoms with Crippen molar-refractivity contribution in [3.05, 3.63) is 34.9 Å². The summed E-state index contributed by atoms with van der Waals surface area (Å²) in [4.78, 5) is 10.7. The van der Waals surface area contributed by atoms with Crippen LogP contribution in [0, 0.1) is 0 Å². The Morgan fingerprint density at radius 2 is 2.31 bits per heavy atom. The fourth-order valence-corrected chi connectivity index (χ4v) is 1.95. The summed E-state index contributed by atoms with van der Waals surface area (Å²) in [5, 5.41) is 0.800. The Kier molecular flexibility index (Phi) is 5.43. The number of carbonyl (C=O) groups is 1. The van der Waals surface area contributed by atoms with Gasteiger partial charge in [0.1, 0.15) is 0 Å². The number of nitrogen functional groups attached to an aromatic ring is 1. The Balaban J connectivity index is 2.47. The summed E-state index contributed by atoms with van der Waals surface area (Å²) >= 11 is 7.33. The quantitative estimate of drug-likeness (QED) is 0.660. The molecular formula is C12H14ClNOS. The lowest BCUT2D eigenvalue weighted by Gasteiger charge is -1.99. The second-order valence-corrected chi connectivity index (χ2v) is 4.99. The van der Waals surface area contributed by atoms with Crippen molar-refractivity contribution in [2.75, 3.05) is 11.5 Å². The zero-order chi connectivity index (χ0) is 12.0. The Hall–Kier alpha value is -0.930. The topological polar surface area (TPSA) is 43.1 Å². The highest BCUT2D eigenvalue weighted by Crippen LogP contribution is 2.20. The van der Waals surface area contributed by atoms with Crippen LogP contribution >= 0.6 is 23.4 Å². The fraction of sp³-hybridized carbons (Fsp3) is 0.250. The van der Waals surface area contributed by atoms with E-state index in [4.69, 9.17) is 17.3 Å². The predicted octanol–water partition coefficient (Wildman–Crippen LogP) is 3.61. The summed E-state index contributed by atoms with van der Waals surface area (Å²) in [5.74, 6) is 0.804. The Morgan fingerprint density at radius 1 is 1.56 bits per heavy atom. The van der Waals surface area contributed by atoms with Crippen LogP contribution in [0.2, 0.25) is 5.02 Å². The van der Waals surface area contributed by atoms with Crippen LogP contribution in [0.15, 0.2) is 24.3 Å². The molecule has 0 aliphatic rings. The molecule has 2 nitrogen and oxygen atoms in total. The first-order valence-electron chi connectivity index (χ1n) is 4.94. The van der Waals surface area contributed by atoms with E-state index in [0.29, 0.717) is 10.7 Å². The third-order valence-corrected chi connectivity index (χ3v) is 3.09. The van der Waals surface area contributed by atoms with Gasteiger partial charge in [-0.15, -0.1) is 0 Å². The van der Waals surface area contributed by atoms with Gasteiger partial charge in [0.2, 0.25) is 0 Å². The van der Waals surface area contributed by atoms with Crippen LogP contribution in [0.1, 0.15) is 18.9 Å². The van der Waals surface area contributed by atoms with Crippen molar-refractivity contribution in [3.8, 4) is 0 Å². The number of hydrogen-bond acceptors (Lipinski definition) is 3. The molecule has 0 aliphatic heterocycles. The lowest BCUT2D eigenvalue weighted by Crippen LogP contribution is -1.85. The zero-order valence-electron chi connectivity index (χ0n) is 9.07. The van der Waals surface area contributed by atoms with Crippen molar-refractivity contribution in [1.29, 1.82) is 0 Å². The lowest BCUT2D eigenvalue weighted by atomic mass is 10.2. The molecular weight excluding hydrogens is 242 g/mol. The minimum Gasteiger partial charge on any atom is -0.399 e. The number of rotatable bonds is 4. The number of nitrogens with two attached hydrogens (primary N) is 1. The third kappa shape index (κ3) is 4.73. The summed E-state index contributed by atoms with van der Waals surface area (Å²) in [7, 11) is 0. The summed E-state index contributed by atoms with van der Waals surface area (Å²) < 4.78 is 0. The van der Waals surface area contributed by atoms with Gasteiger partial charge in [-0.3, -0.25) is 4.79 Å². The van der Waals surface area contributed by atoms with Gasteiger partial charge in [-0.2, -0.15) is 0 Å². The maximum Gasteiger partial charge on any atom is 0.185 e. The lowest BCUT2D eigenvalue weighted by molar-refractivity contribution is -0.109. The molecule has 86 valence electrons. The number of thioether (sulfide) groups is 1. The van der Waals surface area contributed by atoms with Gasteiger partial charge in [0.25, 0.3) is 0 Å². The smallest absolute Gasteiger partial charge is 0.185 e. The fourth-order valence-electron chi connectivity index (χ4n) is 1.16. The molecule has 0 unspecified atom stereocenters. The van der Waals surface area contributed by atoms with Gasteiger partial charge in [0.15, 0.2) is 5.12 Å². The van der Waals surface area contributed by atoms with Gasteiger partial charge in [-0.25, -0.2) is 0 Å². The van der Waals surface area contributed by atoms with E-state index in [0.717, 1.165) is 17.7 Å². The van der Waals surface area contributed by atoms with Crippen molar-refractivity contribution >= 4 is 40.2 Å². The molecule has 0 aliphatic carbocycles. The largest absolute Gasteiger partial charge is 0.399 e. The van der Waals surface area contributed by atoms with E-state index in [2.05, 4.69) is 0 Å². The van der Waals surface area contributed by atoms with Crippen molar-refractivity contribution in [1.82, 2.24) is 0 Å². The highest BCUT2D eigenvalue weighted by Gasteiger charge is 1.96. The first kappa shape index (κ1) is 13.1. The molecule has 0 heterocycles. The first-order chi connectivity index (χ1) is 7.59. The normalized spacial score (nSPS) is 10.9. The Bertz CT molecular complexity index is 404. The van der Waals surface area contributed by atoms with Crippen LogP contribution in [0.25, 0.3) is 6.08 Å². The van der Waals surface area contributed by atoms with Gasteiger partial charge >= 0.3 is 0 Å². The van der Waals surface area contributed by atoms with Gasteiger partial charge < -0.3 is 5.73 Å². The number of benzene rings is 1. The average Bonchev–Trinajstić information content (AvgIpc) is 2.20. The van der Waals surface area contributed by atoms with Gasteiger partial charge in [-0.05, 0) is 24.1 Å². The van der Waals surface area contributed by atoms with E-state index in [1.54, 1.807) is 13.0 Å². The summed E-state index contributed by atoms with van der Waals surface area (Å²) in [6.07, 6.45) is 4.81. The summed E-state index contributed by atoms with van der Waals surface area (Å²) in [6.45, 7) is 1.57. The molecule has 16 heavy (non-hydrogen) atoms. The SMILES string of the molecule is CC(=O)SCCC=Cc1ccc(N)cc1Cl. The molecule has 0 atom stereocenters. The van der Waals surface area contributed by atoms with Gasteiger partial charge in [0, 0.05) is 23.4 Å². The molecule has 0 fully saturated rings. The average molecular weight is 256 g/mol. The molecule has 0 radical (unpaired) electrons. The van der Waals surface area contributed by atoms with E-state index < -0.39 is 0 Å². The molecule has 1 rings (SSSR count). The predicted molar refractivity (Wildman–Crippen MR) is 72.7 cm³/mol. The zero-order valence-corrected chi connectivity index (χ0v) is 10.6. The van der Waals surface area contributed by atoms with Crippen molar-refractivity contribution in [3.63, 3.8) is 0 Å². The van der Waals surface area contributed by atoms with Crippen molar-refractivity contribution < 1.29 is 4.79 Å². The van der Waals surface area contributed by atoms with Crippen molar-refractivity contribution in [2.45, 2.75) is 13.3 Å². The van der Waals surface area contributed by atoms with Crippen LogP contribution in [0.3, 0.4) is 0 Å². The molecule has 0 aromatic heterocycles. The second kappa shape index (κ2) is 6.61. The van der Waals surface area contributed by atoms with E-state index in [1.807, 2.05) is 24.3 Å². The van der Waals surface area contributed by atoms with E-state index in [9.17, 15) is 4.79 Å². The summed E-state index contributed by atoms with van der Waals surface area (Å²) in [5.41, 5.74) is 7.20. The molecule has 4 heteroatoms. The van der Waals surface area contributed by atoms with Gasteiger partial charge in [0.05, 0.1) is 0 Å². The van der Waals surface area contributed by atoms with Gasteiger partial charge in [-0.1, -0.05) is 41.6 Å². The van der Waals surface area contributed by atoms with E-state index in [1.165, 1.54) is 11.8 Å². The second-order valence-electron chi connectivity index (χ2n) is 3.31. The number of allylic oxidation sites excluding steroid dienone is 1. The minimum atomic E-state index is 0.152. The first-order valence-corrected chi connectivity index (χ1v) is 6.31. The van der Waals surface area contributed by atoms with E-state index in [-0.39, 0.29) is 5.12 Å². The van der Waals surface area contributed by atoms with Crippen LogP contribution in [-0.4, -0.2) is 10.9 Å². The van der Waals surface area contributed by atoms with E-state index >= 15 is 0 Å². The number of hydrogen-bond donors (Lipinski definition) is 1. The molecule has 0 amide bonds. The highest BCUT2D eigenvalue weighted by molar-refractivity contribution is 8.13. The maximum atomic E-state index is 10.7. The third-order valence-electron chi connectivity index (χ3n) is 1.91. The van der Waals surface area contributed by atoms with Crippen molar-refractivity contribution in [2.24, 2.45) is 0 Å². The molecule has 2 N–H and O–H groups in total. The number of anilines is 1. The Labute approximate surface area is 105 Å². The highest BCUT2D eigenvalue weighted by atomic mass is 35.5. The molecule has 0 bridgehead atoms. The van der Waals surface area contributed by atoms with Crippen LogP contribution < -0.4 is 5.73 Å². The van der Waals surface area contributed by atoms with Crippen LogP contribution in [-0.2, 0) is 4.79 Å². The Morgan fingerprint density at radius 3 is 2.94 bits per heavy atom. The molecule has 0 saturated heterocycles. The number of halogens is 1. The molecule has 0 saturated carbocycles.